The molecule has 1 aromatic rings. The van der Waals surface area contributed by atoms with Crippen LogP contribution in [0, 0.1) is 0 Å². The minimum absolute atomic E-state index is 0.210. The van der Waals surface area contributed by atoms with Gasteiger partial charge in [0, 0.05) is 12.7 Å². The van der Waals surface area contributed by atoms with Gasteiger partial charge in [0.25, 0.3) is 11.8 Å². The molecule has 5 nitrogen and oxygen atoms in total. The van der Waals surface area contributed by atoms with E-state index in [0.29, 0.717) is 30.4 Å². The van der Waals surface area contributed by atoms with E-state index in [4.69, 9.17) is 4.52 Å². The van der Waals surface area contributed by atoms with E-state index in [-0.39, 0.29) is 11.8 Å². The number of hydrogen-bond donors (Lipinski definition) is 0. The molecule has 0 saturated heterocycles. The average Bonchev–Trinajstić information content (AvgIpc) is 2.72. The Morgan fingerprint density at radius 3 is 2.24 bits per heavy atom. The van der Waals surface area contributed by atoms with Crippen molar-refractivity contribution in [3.8, 4) is 0 Å². The molecule has 0 spiro atoms. The number of benzene rings is 1. The summed E-state index contributed by atoms with van der Waals surface area (Å²) in [6.45, 7) is 2.72. The molecule has 1 unspecified atom stereocenters. The molecular weight excluding hydrogens is 289 g/mol. The third kappa shape index (κ3) is 3.80. The topological polar surface area (TPSA) is 63.7 Å². The molecule has 1 aliphatic rings. The number of imide groups is 1. The molecule has 0 aliphatic carbocycles. The van der Waals surface area contributed by atoms with Crippen LogP contribution in [0.5, 0.6) is 0 Å². The van der Waals surface area contributed by atoms with E-state index in [9.17, 15) is 14.2 Å². The number of amides is 2. The van der Waals surface area contributed by atoms with E-state index in [0.717, 1.165) is 19.3 Å². The predicted molar refractivity (Wildman–Crippen MR) is 81.2 cm³/mol. The molecule has 6 heteroatoms. The fourth-order valence-corrected chi connectivity index (χ4v) is 3.40. The monoisotopic (exact) mass is 309 g/mol. The van der Waals surface area contributed by atoms with Crippen LogP contribution < -0.4 is 0 Å². The standard InChI is InChI=1S/C15H20NO4P/c1-2-20-21(19)11-7-3-6-10-16-14(17)12-8-4-5-9-13(12)15(16)18/h4-5,8-9,21H,2-3,6-7,10-11H2,1H3. The predicted octanol–water partition coefficient (Wildman–Crippen LogP) is 2.96. The van der Waals surface area contributed by atoms with Gasteiger partial charge in [0.1, 0.15) is 0 Å². The number of rotatable bonds is 8. The number of carbonyl (C=O) groups excluding carboxylic acids is 2. The summed E-state index contributed by atoms with van der Waals surface area (Å²) in [5.74, 6) is -0.419. The van der Waals surface area contributed by atoms with Crippen molar-refractivity contribution in [2.45, 2.75) is 26.2 Å². The fourth-order valence-electron chi connectivity index (χ4n) is 2.39. The Kier molecular flexibility index (Phi) is 5.71. The Hall–Kier alpha value is -1.45. The van der Waals surface area contributed by atoms with Gasteiger partial charge in [-0.05, 0) is 31.9 Å². The minimum Gasteiger partial charge on any atom is -0.331 e. The number of nitrogens with zero attached hydrogens (tertiary/aromatic N) is 1. The molecule has 0 bridgehead atoms. The van der Waals surface area contributed by atoms with Gasteiger partial charge >= 0.3 is 0 Å². The Morgan fingerprint density at radius 2 is 1.67 bits per heavy atom. The molecule has 0 saturated carbocycles. The first-order chi connectivity index (χ1) is 10.1. The highest BCUT2D eigenvalue weighted by Crippen LogP contribution is 2.25. The van der Waals surface area contributed by atoms with Crippen molar-refractivity contribution in [1.29, 1.82) is 0 Å². The lowest BCUT2D eigenvalue weighted by molar-refractivity contribution is 0.0651. The maximum absolute atomic E-state index is 12.1. The first kappa shape index (κ1) is 15.9. The molecule has 1 atom stereocenters. The highest BCUT2D eigenvalue weighted by molar-refractivity contribution is 7.39. The Labute approximate surface area is 125 Å². The quantitative estimate of drug-likeness (QED) is 0.421. The zero-order valence-corrected chi connectivity index (χ0v) is 13.1. The lowest BCUT2D eigenvalue weighted by Gasteiger charge is -2.13. The van der Waals surface area contributed by atoms with E-state index < -0.39 is 8.03 Å². The second-order valence-corrected chi connectivity index (χ2v) is 6.46. The molecule has 114 valence electrons. The third-order valence-electron chi connectivity index (χ3n) is 3.45. The smallest absolute Gasteiger partial charge is 0.261 e. The maximum atomic E-state index is 12.1. The lowest BCUT2D eigenvalue weighted by Crippen LogP contribution is -2.30. The van der Waals surface area contributed by atoms with Crippen LogP contribution in [-0.4, -0.2) is 36.0 Å². The summed E-state index contributed by atoms with van der Waals surface area (Å²) in [6.07, 6.45) is 2.92. The van der Waals surface area contributed by atoms with Gasteiger partial charge in [-0.2, -0.15) is 0 Å². The van der Waals surface area contributed by atoms with E-state index in [2.05, 4.69) is 0 Å². The fraction of sp³-hybridized carbons (Fsp3) is 0.467. The van der Waals surface area contributed by atoms with E-state index >= 15 is 0 Å². The summed E-state index contributed by atoms with van der Waals surface area (Å²) >= 11 is 0. The van der Waals surface area contributed by atoms with Gasteiger partial charge in [-0.15, -0.1) is 0 Å². The molecule has 1 aromatic carbocycles. The first-order valence-corrected chi connectivity index (χ1v) is 8.78. The second kappa shape index (κ2) is 7.53. The summed E-state index contributed by atoms with van der Waals surface area (Å²) in [4.78, 5) is 25.5. The Morgan fingerprint density at radius 1 is 1.05 bits per heavy atom. The van der Waals surface area contributed by atoms with E-state index in [1.807, 2.05) is 6.92 Å². The van der Waals surface area contributed by atoms with Crippen LogP contribution in [0.1, 0.15) is 46.9 Å². The summed E-state index contributed by atoms with van der Waals surface area (Å²) in [5, 5.41) is 0. The van der Waals surface area contributed by atoms with Crippen LogP contribution in [0.2, 0.25) is 0 Å². The van der Waals surface area contributed by atoms with Gasteiger partial charge in [0.2, 0.25) is 0 Å². The van der Waals surface area contributed by atoms with Crippen molar-refractivity contribution in [1.82, 2.24) is 4.90 Å². The van der Waals surface area contributed by atoms with Gasteiger partial charge < -0.3 is 4.52 Å². The van der Waals surface area contributed by atoms with Crippen LogP contribution >= 0.6 is 8.03 Å². The van der Waals surface area contributed by atoms with Crippen molar-refractivity contribution in [3.05, 3.63) is 35.4 Å². The average molecular weight is 309 g/mol. The van der Waals surface area contributed by atoms with Crippen molar-refractivity contribution in [2.75, 3.05) is 19.3 Å². The van der Waals surface area contributed by atoms with Gasteiger partial charge in [-0.3, -0.25) is 19.1 Å². The summed E-state index contributed by atoms with van der Waals surface area (Å²) < 4.78 is 16.4. The summed E-state index contributed by atoms with van der Waals surface area (Å²) in [5.41, 5.74) is 0.979. The van der Waals surface area contributed by atoms with Gasteiger partial charge in [0.15, 0.2) is 8.03 Å². The van der Waals surface area contributed by atoms with Crippen LogP contribution in [0.25, 0.3) is 0 Å². The Bertz CT molecular complexity index is 523. The van der Waals surface area contributed by atoms with Gasteiger partial charge in [-0.25, -0.2) is 0 Å². The maximum Gasteiger partial charge on any atom is 0.261 e. The van der Waals surface area contributed by atoms with Crippen LogP contribution in [0.15, 0.2) is 24.3 Å². The zero-order valence-electron chi connectivity index (χ0n) is 12.1. The van der Waals surface area contributed by atoms with Gasteiger partial charge in [0.05, 0.1) is 17.7 Å². The first-order valence-electron chi connectivity index (χ1n) is 7.26. The van der Waals surface area contributed by atoms with Crippen LogP contribution in [0.4, 0.5) is 0 Å². The number of fused-ring (bicyclic) bond motifs is 1. The normalized spacial score (nSPS) is 15.4. The van der Waals surface area contributed by atoms with Crippen LogP contribution in [0.3, 0.4) is 0 Å². The SMILES string of the molecule is CCO[PH](=O)CCCCCN1C(=O)c2ccccc2C1=O. The van der Waals surface area contributed by atoms with Crippen molar-refractivity contribution < 1.29 is 18.7 Å². The molecule has 21 heavy (non-hydrogen) atoms. The highest BCUT2D eigenvalue weighted by Gasteiger charge is 2.34. The molecule has 0 aromatic heterocycles. The highest BCUT2D eigenvalue weighted by atomic mass is 31.1. The minimum atomic E-state index is -1.90. The van der Waals surface area contributed by atoms with E-state index in [1.54, 1.807) is 24.3 Å². The van der Waals surface area contributed by atoms with Gasteiger partial charge in [-0.1, -0.05) is 18.6 Å². The second-order valence-electron chi connectivity index (χ2n) is 4.92. The molecule has 0 radical (unpaired) electrons. The molecule has 0 N–H and O–H groups in total. The Balaban J connectivity index is 1.77. The van der Waals surface area contributed by atoms with Crippen LogP contribution in [-0.2, 0) is 9.09 Å². The zero-order chi connectivity index (χ0) is 15.2. The summed E-state index contributed by atoms with van der Waals surface area (Å²) in [6, 6.07) is 6.89. The third-order valence-corrected chi connectivity index (χ3v) is 4.82. The van der Waals surface area contributed by atoms with Crippen molar-refractivity contribution in [3.63, 3.8) is 0 Å². The number of unbranched alkanes of at least 4 members (excludes halogenated alkanes) is 2. The lowest BCUT2D eigenvalue weighted by atomic mass is 10.1. The summed E-state index contributed by atoms with van der Waals surface area (Å²) in [7, 11) is -1.90. The van der Waals surface area contributed by atoms with E-state index in [1.165, 1.54) is 4.90 Å². The molecule has 1 heterocycles. The van der Waals surface area contributed by atoms with Crippen molar-refractivity contribution in [2.24, 2.45) is 0 Å². The molecule has 2 rings (SSSR count). The molecule has 1 aliphatic heterocycles. The largest absolute Gasteiger partial charge is 0.331 e. The molecular formula is C15H20NO4P. The van der Waals surface area contributed by atoms with Crippen molar-refractivity contribution >= 4 is 19.8 Å². The number of carbonyl (C=O) groups is 2. The molecule has 0 fully saturated rings. The molecule has 2 amide bonds. The number of hydrogen-bond acceptors (Lipinski definition) is 4.